The second kappa shape index (κ2) is 6.40. The Morgan fingerprint density at radius 2 is 1.70 bits per heavy atom. The van der Waals surface area contributed by atoms with Gasteiger partial charge in [-0.1, -0.05) is 42.5 Å². The third kappa shape index (κ3) is 3.43. The Hall–Kier alpha value is -3.01. The fourth-order valence-corrected chi connectivity index (χ4v) is 2.39. The van der Waals surface area contributed by atoms with Crippen LogP contribution in [-0.4, -0.2) is 11.1 Å². The molecule has 0 spiro atoms. The average molecular weight is 308 g/mol. The lowest BCUT2D eigenvalue weighted by atomic mass is 10.1. The summed E-state index contributed by atoms with van der Waals surface area (Å²) in [5.74, 6) is 0.0832. The molecule has 0 atom stereocenters. The number of aryl methyl sites for hydroxylation is 1. The summed E-state index contributed by atoms with van der Waals surface area (Å²) in [6.45, 7) is 1.87. The summed E-state index contributed by atoms with van der Waals surface area (Å²) in [6, 6.07) is 19.4. The van der Waals surface area contributed by atoms with Crippen molar-refractivity contribution in [2.75, 3.05) is 0 Å². The van der Waals surface area contributed by atoms with Gasteiger partial charge in [0.2, 0.25) is 5.76 Å². The molecule has 0 fully saturated rings. The molecule has 2 aromatic carbocycles. The van der Waals surface area contributed by atoms with Crippen LogP contribution >= 0.6 is 0 Å². The van der Waals surface area contributed by atoms with Crippen molar-refractivity contribution < 1.29 is 19.1 Å². The molecule has 0 radical (unpaired) electrons. The van der Waals surface area contributed by atoms with Crippen molar-refractivity contribution in [1.29, 1.82) is 0 Å². The van der Waals surface area contributed by atoms with Crippen LogP contribution in [0.15, 0.2) is 65.1 Å². The Morgan fingerprint density at radius 3 is 2.35 bits per heavy atom. The molecule has 0 amide bonds. The number of carbonyl (C=O) groups is 1. The van der Waals surface area contributed by atoms with Crippen LogP contribution in [0, 0.1) is 6.92 Å². The summed E-state index contributed by atoms with van der Waals surface area (Å²) in [5.41, 5.74) is 2.77. The summed E-state index contributed by atoms with van der Waals surface area (Å²) >= 11 is 0. The molecule has 1 aromatic heterocycles. The van der Waals surface area contributed by atoms with Crippen molar-refractivity contribution in [3.63, 3.8) is 0 Å². The Balaban J connectivity index is 1.71. The second-order valence-electron chi connectivity index (χ2n) is 5.20. The number of hydrogen-bond donors (Lipinski definition) is 1. The number of benzene rings is 2. The van der Waals surface area contributed by atoms with Crippen LogP contribution in [0.1, 0.15) is 21.9 Å². The summed E-state index contributed by atoms with van der Waals surface area (Å²) in [5, 5.41) is 9.09. The fraction of sp³-hybridized carbons (Fsp3) is 0.105. The van der Waals surface area contributed by atoms with E-state index in [1.54, 1.807) is 13.0 Å². The van der Waals surface area contributed by atoms with E-state index in [-0.39, 0.29) is 12.4 Å². The molecule has 3 aromatic rings. The van der Waals surface area contributed by atoms with Crippen LogP contribution in [0.3, 0.4) is 0 Å². The molecule has 23 heavy (non-hydrogen) atoms. The van der Waals surface area contributed by atoms with E-state index in [1.165, 1.54) is 0 Å². The monoisotopic (exact) mass is 308 g/mol. The van der Waals surface area contributed by atoms with Gasteiger partial charge in [0.05, 0.1) is 0 Å². The highest BCUT2D eigenvalue weighted by Crippen LogP contribution is 2.23. The van der Waals surface area contributed by atoms with Gasteiger partial charge >= 0.3 is 5.97 Å². The average Bonchev–Trinajstić information content (AvgIpc) is 2.95. The molecule has 116 valence electrons. The van der Waals surface area contributed by atoms with Crippen molar-refractivity contribution >= 4 is 5.97 Å². The van der Waals surface area contributed by atoms with Crippen LogP contribution in [0.2, 0.25) is 0 Å². The molecular weight excluding hydrogens is 292 g/mol. The Labute approximate surface area is 134 Å². The van der Waals surface area contributed by atoms with Gasteiger partial charge in [-0.15, -0.1) is 0 Å². The van der Waals surface area contributed by atoms with Gasteiger partial charge in [0.15, 0.2) is 0 Å². The summed E-state index contributed by atoms with van der Waals surface area (Å²) in [4.78, 5) is 11.1. The highest BCUT2D eigenvalue weighted by molar-refractivity contribution is 5.86. The van der Waals surface area contributed by atoms with Gasteiger partial charge < -0.3 is 14.3 Å². The van der Waals surface area contributed by atoms with E-state index in [4.69, 9.17) is 14.3 Å². The first-order valence-electron chi connectivity index (χ1n) is 7.24. The predicted molar refractivity (Wildman–Crippen MR) is 86.6 cm³/mol. The summed E-state index contributed by atoms with van der Waals surface area (Å²) in [7, 11) is 0. The molecule has 0 saturated carbocycles. The van der Waals surface area contributed by atoms with E-state index in [1.807, 2.05) is 54.6 Å². The number of hydrogen-bond acceptors (Lipinski definition) is 3. The fourth-order valence-electron chi connectivity index (χ4n) is 2.39. The van der Waals surface area contributed by atoms with E-state index in [0.717, 1.165) is 11.1 Å². The minimum absolute atomic E-state index is 0.0663. The number of aromatic carboxylic acids is 1. The zero-order chi connectivity index (χ0) is 16.2. The van der Waals surface area contributed by atoms with Gasteiger partial charge in [-0.05, 0) is 36.2 Å². The minimum Gasteiger partial charge on any atom is -0.489 e. The van der Waals surface area contributed by atoms with Gasteiger partial charge in [-0.2, -0.15) is 0 Å². The first-order valence-corrected chi connectivity index (χ1v) is 7.24. The highest BCUT2D eigenvalue weighted by atomic mass is 16.5. The molecule has 0 aliphatic heterocycles. The van der Waals surface area contributed by atoms with Gasteiger partial charge in [-0.25, -0.2) is 4.79 Å². The minimum atomic E-state index is -1.09. The van der Waals surface area contributed by atoms with Gasteiger partial charge in [-0.3, -0.25) is 0 Å². The molecule has 0 bridgehead atoms. The van der Waals surface area contributed by atoms with Crippen LogP contribution in [0.5, 0.6) is 5.75 Å². The Bertz CT molecular complexity index is 801. The number of carboxylic acid groups (broad SMARTS) is 1. The molecule has 0 unspecified atom stereocenters. The third-order valence-corrected chi connectivity index (χ3v) is 3.48. The largest absolute Gasteiger partial charge is 0.489 e. The van der Waals surface area contributed by atoms with Crippen molar-refractivity contribution in [2.24, 2.45) is 0 Å². The zero-order valence-electron chi connectivity index (χ0n) is 12.7. The molecule has 4 nitrogen and oxygen atoms in total. The van der Waals surface area contributed by atoms with Crippen LogP contribution in [0.4, 0.5) is 0 Å². The standard InChI is InChI=1S/C19H16O4/c1-13-11-16(18(23-13)19(20)21)12-22-17-9-7-15(8-10-17)14-5-3-2-4-6-14/h2-11H,12H2,1H3,(H,20,21). The quantitative estimate of drug-likeness (QED) is 0.752. The zero-order valence-corrected chi connectivity index (χ0v) is 12.7. The molecule has 1 heterocycles. The molecule has 0 aliphatic carbocycles. The van der Waals surface area contributed by atoms with E-state index in [0.29, 0.717) is 17.1 Å². The lowest BCUT2D eigenvalue weighted by Crippen LogP contribution is -2.02. The topological polar surface area (TPSA) is 59.7 Å². The van der Waals surface area contributed by atoms with E-state index in [9.17, 15) is 4.79 Å². The van der Waals surface area contributed by atoms with E-state index < -0.39 is 5.97 Å². The number of furan rings is 1. The third-order valence-electron chi connectivity index (χ3n) is 3.48. The Morgan fingerprint density at radius 1 is 1.04 bits per heavy atom. The Kier molecular flexibility index (Phi) is 4.15. The number of carboxylic acids is 1. The molecule has 0 aliphatic rings. The summed E-state index contributed by atoms with van der Waals surface area (Å²) < 4.78 is 10.8. The van der Waals surface area contributed by atoms with Crippen molar-refractivity contribution in [3.05, 3.63) is 77.7 Å². The first kappa shape index (κ1) is 14.9. The molecule has 3 rings (SSSR count). The van der Waals surface area contributed by atoms with E-state index in [2.05, 4.69) is 0 Å². The van der Waals surface area contributed by atoms with Crippen LogP contribution in [0.25, 0.3) is 11.1 Å². The maximum atomic E-state index is 11.1. The van der Waals surface area contributed by atoms with Crippen LogP contribution < -0.4 is 4.74 Å². The van der Waals surface area contributed by atoms with Crippen molar-refractivity contribution in [2.45, 2.75) is 13.5 Å². The lowest BCUT2D eigenvalue weighted by Gasteiger charge is -2.07. The van der Waals surface area contributed by atoms with Gasteiger partial charge in [0.1, 0.15) is 18.1 Å². The molecule has 1 N–H and O–H groups in total. The smallest absolute Gasteiger partial charge is 0.372 e. The lowest BCUT2D eigenvalue weighted by molar-refractivity contribution is 0.0657. The van der Waals surface area contributed by atoms with Crippen molar-refractivity contribution in [3.8, 4) is 16.9 Å². The molecular formula is C19H16O4. The predicted octanol–water partition coefficient (Wildman–Crippen LogP) is 4.53. The molecule has 0 saturated heterocycles. The number of rotatable bonds is 5. The maximum Gasteiger partial charge on any atom is 0.372 e. The van der Waals surface area contributed by atoms with Crippen LogP contribution in [-0.2, 0) is 6.61 Å². The van der Waals surface area contributed by atoms with Gasteiger partial charge in [0.25, 0.3) is 0 Å². The first-order chi connectivity index (χ1) is 11.1. The second-order valence-corrected chi connectivity index (χ2v) is 5.20. The highest BCUT2D eigenvalue weighted by Gasteiger charge is 2.16. The van der Waals surface area contributed by atoms with E-state index >= 15 is 0 Å². The summed E-state index contributed by atoms with van der Waals surface area (Å²) in [6.07, 6.45) is 0. The molecule has 4 heteroatoms. The number of ether oxygens (including phenoxy) is 1. The maximum absolute atomic E-state index is 11.1. The van der Waals surface area contributed by atoms with Gasteiger partial charge in [0, 0.05) is 5.56 Å². The SMILES string of the molecule is Cc1cc(COc2ccc(-c3ccccc3)cc2)c(C(=O)O)o1. The normalized spacial score (nSPS) is 10.5. The van der Waals surface area contributed by atoms with Crippen molar-refractivity contribution in [1.82, 2.24) is 0 Å².